The highest BCUT2D eigenvalue weighted by Gasteiger charge is 2.13. The van der Waals surface area contributed by atoms with E-state index in [9.17, 15) is 8.42 Å². The van der Waals surface area contributed by atoms with Crippen LogP contribution < -0.4 is 9.46 Å². The molecule has 0 aliphatic carbocycles. The Bertz CT molecular complexity index is 627. The van der Waals surface area contributed by atoms with Crippen LogP contribution in [-0.4, -0.2) is 25.0 Å². The van der Waals surface area contributed by atoms with Gasteiger partial charge in [0, 0.05) is 0 Å². The van der Waals surface area contributed by atoms with Crippen LogP contribution in [0, 0.1) is 0 Å². The smallest absolute Gasteiger partial charge is 0.316 e. The molecule has 1 aromatic carbocycles. The predicted octanol–water partition coefficient (Wildman–Crippen LogP) is 1.68. The maximum absolute atomic E-state index is 12.0. The van der Waals surface area contributed by atoms with Crippen LogP contribution >= 0.6 is 0 Å². The van der Waals surface area contributed by atoms with Gasteiger partial charge in [-0.1, -0.05) is 18.2 Å². The van der Waals surface area contributed by atoms with E-state index in [4.69, 9.17) is 4.74 Å². The Morgan fingerprint density at radius 3 is 2.37 bits per heavy atom. The monoisotopic (exact) mass is 279 g/mol. The second-order valence-electron chi connectivity index (χ2n) is 3.61. The van der Waals surface area contributed by atoms with Crippen molar-refractivity contribution in [2.24, 2.45) is 0 Å². The largest absolute Gasteiger partial charge is 0.464 e. The number of nitrogens with zero attached hydrogens (tertiary/aromatic N) is 2. The van der Waals surface area contributed by atoms with Gasteiger partial charge < -0.3 is 4.74 Å². The van der Waals surface area contributed by atoms with Gasteiger partial charge in [-0.15, -0.1) is 0 Å². The molecule has 2 aromatic rings. The quantitative estimate of drug-likeness (QED) is 0.900. The van der Waals surface area contributed by atoms with Crippen molar-refractivity contribution in [3.8, 4) is 6.01 Å². The molecule has 0 radical (unpaired) electrons. The summed E-state index contributed by atoms with van der Waals surface area (Å²) in [6.07, 6.45) is 2.72. The average molecular weight is 279 g/mol. The molecule has 1 aromatic heterocycles. The average Bonchev–Trinajstić information content (AvgIpc) is 2.42. The van der Waals surface area contributed by atoms with Gasteiger partial charge in [0.2, 0.25) is 0 Å². The van der Waals surface area contributed by atoms with Gasteiger partial charge >= 0.3 is 6.01 Å². The summed E-state index contributed by atoms with van der Waals surface area (Å²) in [5, 5.41) is 0. The van der Waals surface area contributed by atoms with Crippen LogP contribution in [0.1, 0.15) is 6.92 Å². The molecule has 0 atom stereocenters. The molecule has 2 rings (SSSR count). The first kappa shape index (κ1) is 13.3. The van der Waals surface area contributed by atoms with Gasteiger partial charge in [0.25, 0.3) is 10.0 Å². The molecule has 0 amide bonds. The Labute approximate surface area is 111 Å². The third-order valence-corrected chi connectivity index (χ3v) is 3.60. The van der Waals surface area contributed by atoms with E-state index in [2.05, 4.69) is 14.7 Å². The molecular formula is C12H13N3O3S. The lowest BCUT2D eigenvalue weighted by atomic mass is 10.4. The first-order valence-electron chi connectivity index (χ1n) is 5.64. The maximum atomic E-state index is 12.0. The molecule has 0 saturated heterocycles. The van der Waals surface area contributed by atoms with Crippen molar-refractivity contribution in [2.45, 2.75) is 11.8 Å². The minimum absolute atomic E-state index is 0.184. The van der Waals surface area contributed by atoms with E-state index < -0.39 is 10.0 Å². The first-order chi connectivity index (χ1) is 9.12. The fraction of sp³-hybridized carbons (Fsp3) is 0.167. The second-order valence-corrected chi connectivity index (χ2v) is 5.29. The summed E-state index contributed by atoms with van der Waals surface area (Å²) in [4.78, 5) is 7.96. The summed E-state index contributed by atoms with van der Waals surface area (Å²) in [7, 11) is -3.61. The van der Waals surface area contributed by atoms with Crippen LogP contribution in [0.2, 0.25) is 0 Å². The Hall–Kier alpha value is -2.15. The summed E-state index contributed by atoms with van der Waals surface area (Å²) in [5.41, 5.74) is 0.285. The first-order valence-corrected chi connectivity index (χ1v) is 7.13. The molecule has 6 nitrogen and oxygen atoms in total. The van der Waals surface area contributed by atoms with Gasteiger partial charge in [-0.25, -0.2) is 18.4 Å². The number of rotatable bonds is 5. The molecule has 1 N–H and O–H groups in total. The lowest BCUT2D eigenvalue weighted by Crippen LogP contribution is -2.13. The van der Waals surface area contributed by atoms with Gasteiger partial charge in [-0.05, 0) is 19.1 Å². The van der Waals surface area contributed by atoms with Crippen molar-refractivity contribution in [3.05, 3.63) is 42.7 Å². The molecule has 19 heavy (non-hydrogen) atoms. The molecule has 7 heteroatoms. The lowest BCUT2D eigenvalue weighted by Gasteiger charge is -2.07. The van der Waals surface area contributed by atoms with Gasteiger partial charge in [0.05, 0.1) is 29.6 Å². The summed E-state index contributed by atoms with van der Waals surface area (Å²) in [5.74, 6) is 0. The third kappa shape index (κ3) is 3.41. The number of nitrogens with one attached hydrogen (secondary N) is 1. The molecular weight excluding hydrogens is 266 g/mol. The Morgan fingerprint density at radius 2 is 1.79 bits per heavy atom. The highest BCUT2D eigenvalue weighted by molar-refractivity contribution is 7.92. The fourth-order valence-electron chi connectivity index (χ4n) is 1.39. The molecule has 0 aliphatic heterocycles. The Morgan fingerprint density at radius 1 is 1.16 bits per heavy atom. The minimum atomic E-state index is -3.61. The summed E-state index contributed by atoms with van der Waals surface area (Å²) < 4.78 is 31.5. The van der Waals surface area contributed by atoms with Crippen molar-refractivity contribution < 1.29 is 13.2 Å². The number of ether oxygens (including phenoxy) is 1. The van der Waals surface area contributed by atoms with E-state index in [1.54, 1.807) is 18.2 Å². The van der Waals surface area contributed by atoms with E-state index in [1.807, 2.05) is 6.92 Å². The third-order valence-electron chi connectivity index (χ3n) is 2.21. The molecule has 1 heterocycles. The Kier molecular flexibility index (Phi) is 3.96. The number of aromatic nitrogens is 2. The number of hydrogen-bond donors (Lipinski definition) is 1. The van der Waals surface area contributed by atoms with Crippen molar-refractivity contribution in [2.75, 3.05) is 11.3 Å². The fourth-order valence-corrected chi connectivity index (χ4v) is 2.44. The minimum Gasteiger partial charge on any atom is -0.464 e. The van der Waals surface area contributed by atoms with Crippen LogP contribution in [0.5, 0.6) is 6.01 Å². The topological polar surface area (TPSA) is 81.2 Å². The lowest BCUT2D eigenvalue weighted by molar-refractivity contribution is 0.312. The van der Waals surface area contributed by atoms with Gasteiger partial charge in [-0.3, -0.25) is 4.72 Å². The van der Waals surface area contributed by atoms with E-state index in [0.717, 1.165) is 0 Å². The molecule has 0 aliphatic rings. The summed E-state index contributed by atoms with van der Waals surface area (Å²) in [6.45, 7) is 2.27. The zero-order valence-corrected chi connectivity index (χ0v) is 11.1. The number of hydrogen-bond acceptors (Lipinski definition) is 5. The molecule has 0 spiro atoms. The molecule has 0 fully saturated rings. The highest BCUT2D eigenvalue weighted by Crippen LogP contribution is 2.15. The van der Waals surface area contributed by atoms with Crippen LogP contribution in [0.25, 0.3) is 0 Å². The van der Waals surface area contributed by atoms with E-state index >= 15 is 0 Å². The zero-order chi connectivity index (χ0) is 13.7. The molecule has 0 saturated carbocycles. The standard InChI is InChI=1S/C12H13N3O3S/c1-2-18-12-13-8-10(9-14-12)15-19(16,17)11-6-4-3-5-7-11/h3-9,15H,2H2,1H3. The normalized spacial score (nSPS) is 11.0. The predicted molar refractivity (Wildman–Crippen MR) is 70.5 cm³/mol. The van der Waals surface area contributed by atoms with Crippen LogP contribution in [0.4, 0.5) is 5.69 Å². The van der Waals surface area contributed by atoms with Gasteiger partial charge in [0.15, 0.2) is 0 Å². The molecule has 100 valence electrons. The number of anilines is 1. The number of benzene rings is 1. The Balaban J connectivity index is 2.17. The van der Waals surface area contributed by atoms with Crippen LogP contribution in [0.3, 0.4) is 0 Å². The van der Waals surface area contributed by atoms with Crippen LogP contribution in [-0.2, 0) is 10.0 Å². The highest BCUT2D eigenvalue weighted by atomic mass is 32.2. The van der Waals surface area contributed by atoms with Gasteiger partial charge in [0.1, 0.15) is 0 Å². The maximum Gasteiger partial charge on any atom is 0.316 e. The molecule has 0 unspecified atom stereocenters. The zero-order valence-electron chi connectivity index (χ0n) is 10.3. The van der Waals surface area contributed by atoms with E-state index in [1.165, 1.54) is 24.5 Å². The van der Waals surface area contributed by atoms with Gasteiger partial charge in [-0.2, -0.15) is 0 Å². The van der Waals surface area contributed by atoms with Crippen molar-refractivity contribution in [1.29, 1.82) is 0 Å². The second kappa shape index (κ2) is 5.66. The SMILES string of the molecule is CCOc1ncc(NS(=O)(=O)c2ccccc2)cn1. The molecule has 0 bridgehead atoms. The van der Waals surface area contributed by atoms with E-state index in [-0.39, 0.29) is 16.6 Å². The van der Waals surface area contributed by atoms with Crippen molar-refractivity contribution in [1.82, 2.24) is 9.97 Å². The van der Waals surface area contributed by atoms with Crippen molar-refractivity contribution >= 4 is 15.7 Å². The van der Waals surface area contributed by atoms with Crippen LogP contribution in [0.15, 0.2) is 47.6 Å². The van der Waals surface area contributed by atoms with E-state index in [0.29, 0.717) is 6.61 Å². The summed E-state index contributed by atoms with van der Waals surface area (Å²) in [6, 6.07) is 8.30. The summed E-state index contributed by atoms with van der Waals surface area (Å²) >= 11 is 0. The van der Waals surface area contributed by atoms with Crippen molar-refractivity contribution in [3.63, 3.8) is 0 Å². The number of sulfonamides is 1.